The lowest BCUT2D eigenvalue weighted by Crippen LogP contribution is -2.41. The van der Waals surface area contributed by atoms with Crippen LogP contribution in [0.1, 0.15) is 24.0 Å². The fourth-order valence-corrected chi connectivity index (χ4v) is 5.29. The molecule has 2 aromatic rings. The average Bonchev–Trinajstić information content (AvgIpc) is 3.02. The first-order chi connectivity index (χ1) is 13.2. The van der Waals surface area contributed by atoms with E-state index in [2.05, 4.69) is 85.8 Å². The van der Waals surface area contributed by atoms with E-state index in [0.29, 0.717) is 0 Å². The van der Waals surface area contributed by atoms with Crippen molar-refractivity contribution in [2.75, 3.05) is 7.05 Å². The van der Waals surface area contributed by atoms with Crippen LogP contribution in [0.3, 0.4) is 0 Å². The van der Waals surface area contributed by atoms with E-state index < -0.39 is 0 Å². The third-order valence-electron chi connectivity index (χ3n) is 6.29. The Hall–Kier alpha value is -3.06. The second kappa shape index (κ2) is 5.72. The van der Waals surface area contributed by atoms with E-state index in [9.17, 15) is 0 Å². The molecule has 2 aliphatic carbocycles. The van der Waals surface area contributed by atoms with Crippen molar-refractivity contribution >= 4 is 0 Å². The van der Waals surface area contributed by atoms with Crippen LogP contribution in [0.5, 0.6) is 0 Å². The molecular weight excluding hydrogens is 326 g/mol. The Kier molecular flexibility index (Phi) is 3.42. The Morgan fingerprint density at radius 2 is 1.44 bits per heavy atom. The minimum Gasteiger partial charge on any atom is -0.344 e. The van der Waals surface area contributed by atoms with Gasteiger partial charge in [0.05, 0.1) is 5.41 Å². The van der Waals surface area contributed by atoms with Gasteiger partial charge in [-0.25, -0.2) is 0 Å². The molecule has 27 heavy (non-hydrogen) atoms. The van der Waals surface area contributed by atoms with Crippen molar-refractivity contribution in [3.63, 3.8) is 0 Å². The molecule has 0 unspecified atom stereocenters. The molecule has 0 radical (unpaired) electrons. The van der Waals surface area contributed by atoms with Gasteiger partial charge in [0.2, 0.25) is 0 Å². The second-order valence-electron chi connectivity index (χ2n) is 7.39. The molecule has 0 saturated heterocycles. The van der Waals surface area contributed by atoms with Gasteiger partial charge >= 0.3 is 0 Å². The summed E-state index contributed by atoms with van der Waals surface area (Å²) in [6.07, 6.45) is 11.0. The summed E-state index contributed by atoms with van der Waals surface area (Å²) in [6, 6.07) is 17.7. The van der Waals surface area contributed by atoms with Crippen molar-refractivity contribution in [1.29, 1.82) is 0 Å². The summed E-state index contributed by atoms with van der Waals surface area (Å²) in [4.78, 5) is 2.28. The van der Waals surface area contributed by atoms with E-state index in [1.54, 1.807) is 0 Å². The largest absolute Gasteiger partial charge is 0.344 e. The van der Waals surface area contributed by atoms with Gasteiger partial charge in [0, 0.05) is 18.4 Å². The minimum atomic E-state index is -0.308. The Balaban J connectivity index is 2.02. The molecule has 0 saturated carbocycles. The highest BCUT2D eigenvalue weighted by atomic mass is 15.1. The van der Waals surface area contributed by atoms with Crippen molar-refractivity contribution in [2.24, 2.45) is 0 Å². The molecule has 0 N–H and O–H groups in total. The van der Waals surface area contributed by atoms with Crippen LogP contribution >= 0.6 is 0 Å². The Bertz CT molecular complexity index is 1030. The van der Waals surface area contributed by atoms with E-state index in [4.69, 9.17) is 0 Å². The summed E-state index contributed by atoms with van der Waals surface area (Å²) in [5.41, 5.74) is 10.1. The molecule has 1 heteroatoms. The highest BCUT2D eigenvalue weighted by Gasteiger charge is 2.52. The molecule has 0 bridgehead atoms. The molecule has 0 amide bonds. The standard InChI is InChI=1S/C26H23N/c1-4-20-24(5-2)27(3)25-17-11-10-16-23(25)26(20)21-14-8-6-12-18(21)19-13-7-9-15-22(19)26/h4-9,12-17H,1-2,10-11H2,3H3. The maximum absolute atomic E-state index is 4.24. The number of allylic oxidation sites excluding steroid dienone is 6. The van der Waals surface area contributed by atoms with E-state index in [1.165, 1.54) is 39.1 Å². The summed E-state index contributed by atoms with van der Waals surface area (Å²) in [6.45, 7) is 8.38. The van der Waals surface area contributed by atoms with Gasteiger partial charge in [0.25, 0.3) is 0 Å². The molecule has 5 rings (SSSR count). The summed E-state index contributed by atoms with van der Waals surface area (Å²) < 4.78 is 0. The molecule has 1 aliphatic heterocycles. The van der Waals surface area contributed by atoms with Crippen LogP contribution in [0.4, 0.5) is 0 Å². The summed E-state index contributed by atoms with van der Waals surface area (Å²) >= 11 is 0. The van der Waals surface area contributed by atoms with Gasteiger partial charge in [0.1, 0.15) is 0 Å². The first kappa shape index (κ1) is 16.1. The quantitative estimate of drug-likeness (QED) is 0.630. The smallest absolute Gasteiger partial charge is 0.0750 e. The lowest BCUT2D eigenvalue weighted by molar-refractivity contribution is 0.474. The third kappa shape index (κ3) is 1.84. The first-order valence-corrected chi connectivity index (χ1v) is 9.59. The van der Waals surface area contributed by atoms with Crippen LogP contribution in [0, 0.1) is 0 Å². The SMILES string of the molecule is C=CC1=C(C=C)C2(C3=CCCC=C3N1C)c1ccccc1-c1ccccc12. The Morgan fingerprint density at radius 3 is 2.04 bits per heavy atom. The van der Waals surface area contributed by atoms with Crippen LogP contribution in [0.15, 0.2) is 109 Å². The van der Waals surface area contributed by atoms with Gasteiger partial charge in [-0.05, 0) is 52.3 Å². The number of fused-ring (bicyclic) bond motifs is 7. The fraction of sp³-hybridized carbons (Fsp3) is 0.154. The molecule has 0 fully saturated rings. The zero-order chi connectivity index (χ0) is 18.6. The van der Waals surface area contributed by atoms with Crippen molar-refractivity contribution in [1.82, 2.24) is 4.90 Å². The van der Waals surface area contributed by atoms with Crippen LogP contribution in [0.2, 0.25) is 0 Å². The molecular formula is C26H23N. The number of nitrogens with zero attached hydrogens (tertiary/aromatic N) is 1. The van der Waals surface area contributed by atoms with Crippen LogP contribution in [-0.4, -0.2) is 11.9 Å². The Morgan fingerprint density at radius 1 is 0.852 bits per heavy atom. The molecule has 132 valence electrons. The molecule has 1 spiro atoms. The zero-order valence-corrected chi connectivity index (χ0v) is 15.7. The van der Waals surface area contributed by atoms with E-state index >= 15 is 0 Å². The lowest BCUT2D eigenvalue weighted by Gasteiger charge is -2.47. The van der Waals surface area contributed by atoms with Crippen LogP contribution < -0.4 is 0 Å². The maximum Gasteiger partial charge on any atom is 0.0750 e. The summed E-state index contributed by atoms with van der Waals surface area (Å²) in [7, 11) is 2.14. The molecule has 0 aromatic heterocycles. The van der Waals surface area contributed by atoms with Gasteiger partial charge in [-0.3, -0.25) is 0 Å². The highest BCUT2D eigenvalue weighted by molar-refractivity contribution is 5.88. The normalized spacial score (nSPS) is 19.1. The third-order valence-corrected chi connectivity index (χ3v) is 6.29. The van der Waals surface area contributed by atoms with Gasteiger partial charge in [-0.15, -0.1) is 0 Å². The number of hydrogen-bond acceptors (Lipinski definition) is 1. The van der Waals surface area contributed by atoms with E-state index in [-0.39, 0.29) is 5.41 Å². The van der Waals surface area contributed by atoms with Gasteiger partial charge < -0.3 is 4.90 Å². The first-order valence-electron chi connectivity index (χ1n) is 9.59. The van der Waals surface area contributed by atoms with Crippen molar-refractivity contribution < 1.29 is 0 Å². The topological polar surface area (TPSA) is 3.24 Å². The Labute approximate surface area is 161 Å². The van der Waals surface area contributed by atoms with Crippen molar-refractivity contribution in [3.8, 4) is 11.1 Å². The number of likely N-dealkylation sites (N-methyl/N-ethyl adjacent to an activating group) is 1. The number of benzene rings is 2. The van der Waals surface area contributed by atoms with E-state index in [0.717, 1.165) is 18.5 Å². The highest BCUT2D eigenvalue weighted by Crippen LogP contribution is 2.61. The molecule has 0 atom stereocenters. The zero-order valence-electron chi connectivity index (χ0n) is 15.7. The van der Waals surface area contributed by atoms with Gasteiger partial charge in [-0.1, -0.05) is 79.9 Å². The van der Waals surface area contributed by atoms with Crippen molar-refractivity contribution in [2.45, 2.75) is 18.3 Å². The molecule has 3 aliphatic rings. The predicted molar refractivity (Wildman–Crippen MR) is 113 cm³/mol. The van der Waals surface area contributed by atoms with Crippen LogP contribution in [-0.2, 0) is 5.41 Å². The summed E-state index contributed by atoms with van der Waals surface area (Å²) in [5.74, 6) is 0. The van der Waals surface area contributed by atoms with Gasteiger partial charge in [-0.2, -0.15) is 0 Å². The molecule has 1 heterocycles. The molecule has 1 nitrogen and oxygen atoms in total. The van der Waals surface area contributed by atoms with E-state index in [1.807, 2.05) is 12.2 Å². The predicted octanol–water partition coefficient (Wildman–Crippen LogP) is 6.13. The lowest BCUT2D eigenvalue weighted by atomic mass is 9.62. The van der Waals surface area contributed by atoms with Crippen molar-refractivity contribution in [3.05, 3.63) is 120 Å². The number of rotatable bonds is 2. The summed E-state index contributed by atoms with van der Waals surface area (Å²) in [5, 5.41) is 0. The molecule has 2 aromatic carbocycles. The minimum absolute atomic E-state index is 0.308. The average molecular weight is 349 g/mol. The van der Waals surface area contributed by atoms with Crippen LogP contribution in [0.25, 0.3) is 11.1 Å². The van der Waals surface area contributed by atoms with Gasteiger partial charge in [0.15, 0.2) is 0 Å². The fourth-order valence-electron chi connectivity index (χ4n) is 5.29. The monoisotopic (exact) mass is 349 g/mol. The maximum atomic E-state index is 4.24. The number of hydrogen-bond donors (Lipinski definition) is 0. The second-order valence-corrected chi connectivity index (χ2v) is 7.39.